The molecule has 0 bridgehead atoms. The zero-order valence-corrected chi connectivity index (χ0v) is 15.1. The Labute approximate surface area is 147 Å². The quantitative estimate of drug-likeness (QED) is 0.900. The van der Waals surface area contributed by atoms with E-state index in [1.165, 1.54) is 0 Å². The maximum atomic E-state index is 15.1. The molecule has 1 aliphatic heterocycles. The van der Waals surface area contributed by atoms with E-state index in [1.807, 2.05) is 32.3 Å². The number of rotatable bonds is 5. The third-order valence-corrected chi connectivity index (χ3v) is 4.59. The zero-order valence-electron chi connectivity index (χ0n) is 15.1. The molecular weight excluding hydrogens is 319 g/mol. The van der Waals surface area contributed by atoms with E-state index in [-0.39, 0.29) is 6.54 Å². The molecule has 0 aromatic carbocycles. The minimum absolute atomic E-state index is 0.256. The molecule has 25 heavy (non-hydrogen) atoms. The first kappa shape index (κ1) is 17.5. The maximum absolute atomic E-state index is 15.1. The van der Waals surface area contributed by atoms with Gasteiger partial charge in [0.15, 0.2) is 0 Å². The van der Waals surface area contributed by atoms with E-state index in [0.29, 0.717) is 43.5 Å². The lowest BCUT2D eigenvalue weighted by Crippen LogP contribution is -2.46. The summed E-state index contributed by atoms with van der Waals surface area (Å²) < 4.78 is 15.1. The molecule has 7 heteroatoms. The van der Waals surface area contributed by atoms with Crippen molar-refractivity contribution < 1.29 is 4.39 Å². The fraction of sp³-hybridized carbons (Fsp3) is 0.556. The summed E-state index contributed by atoms with van der Waals surface area (Å²) in [5, 5.41) is 3.13. The Morgan fingerprint density at radius 1 is 1.16 bits per heavy atom. The molecule has 6 nitrogen and oxygen atoms in total. The smallest absolute Gasteiger partial charge is 0.225 e. The highest BCUT2D eigenvalue weighted by atomic mass is 19.1. The van der Waals surface area contributed by atoms with Gasteiger partial charge in [-0.1, -0.05) is 6.92 Å². The first-order valence-electron chi connectivity index (χ1n) is 8.78. The van der Waals surface area contributed by atoms with Gasteiger partial charge < -0.3 is 10.2 Å². The normalized spacial score (nSPS) is 16.7. The number of aromatic nitrogens is 4. The van der Waals surface area contributed by atoms with E-state index < -0.39 is 5.67 Å². The highest BCUT2D eigenvalue weighted by Gasteiger charge is 2.35. The Balaban J connectivity index is 1.56. The molecule has 0 aliphatic carbocycles. The first-order chi connectivity index (χ1) is 12.0. The van der Waals surface area contributed by atoms with Crippen LogP contribution in [0.3, 0.4) is 0 Å². The second kappa shape index (κ2) is 7.29. The van der Waals surface area contributed by atoms with Crippen molar-refractivity contribution in [3.63, 3.8) is 0 Å². The summed E-state index contributed by atoms with van der Waals surface area (Å²) in [6.45, 7) is 7.31. The third-order valence-electron chi connectivity index (χ3n) is 4.59. The lowest BCUT2D eigenvalue weighted by atomic mass is 9.93. The summed E-state index contributed by atoms with van der Waals surface area (Å²) in [5.74, 6) is 2.06. The molecule has 0 unspecified atom stereocenters. The van der Waals surface area contributed by atoms with Gasteiger partial charge >= 0.3 is 0 Å². The van der Waals surface area contributed by atoms with Crippen molar-refractivity contribution in [3.05, 3.63) is 35.5 Å². The van der Waals surface area contributed by atoms with Crippen molar-refractivity contribution >= 4 is 11.8 Å². The van der Waals surface area contributed by atoms with Crippen LogP contribution in [-0.2, 0) is 6.42 Å². The Kier molecular flexibility index (Phi) is 5.11. The molecule has 0 amide bonds. The van der Waals surface area contributed by atoms with Crippen molar-refractivity contribution in [3.8, 4) is 0 Å². The second-order valence-electron chi connectivity index (χ2n) is 6.68. The SMILES string of the molecule is CCc1cnc(N2CCC(F)(CNc3cc(C)nc(C)n3)CC2)nc1. The van der Waals surface area contributed by atoms with Gasteiger partial charge in [0.2, 0.25) is 5.95 Å². The number of hydrogen-bond acceptors (Lipinski definition) is 6. The Hall–Kier alpha value is -2.31. The largest absolute Gasteiger partial charge is 0.367 e. The third kappa shape index (κ3) is 4.41. The second-order valence-corrected chi connectivity index (χ2v) is 6.68. The Morgan fingerprint density at radius 2 is 1.84 bits per heavy atom. The summed E-state index contributed by atoms with van der Waals surface area (Å²) in [6, 6.07) is 1.84. The van der Waals surface area contributed by atoms with Crippen LogP contribution in [-0.4, -0.2) is 45.2 Å². The molecular formula is C18H25FN6. The highest BCUT2D eigenvalue weighted by Crippen LogP contribution is 2.28. The number of hydrogen-bond donors (Lipinski definition) is 1. The molecule has 2 aromatic heterocycles. The standard InChI is InChI=1S/C18H25FN6/c1-4-15-10-20-17(21-11-15)25-7-5-18(19,6-8-25)12-22-16-9-13(2)23-14(3)24-16/h9-11H,4-8,12H2,1-3H3,(H,22,23,24). The van der Waals surface area contributed by atoms with Crippen LogP contribution in [0.25, 0.3) is 0 Å². The van der Waals surface area contributed by atoms with Gasteiger partial charge in [-0.15, -0.1) is 0 Å². The topological polar surface area (TPSA) is 66.8 Å². The van der Waals surface area contributed by atoms with Gasteiger partial charge in [-0.25, -0.2) is 24.3 Å². The van der Waals surface area contributed by atoms with Gasteiger partial charge in [-0.05, 0) is 25.8 Å². The molecule has 1 fully saturated rings. The molecule has 0 radical (unpaired) electrons. The van der Waals surface area contributed by atoms with Gasteiger partial charge in [-0.3, -0.25) is 0 Å². The van der Waals surface area contributed by atoms with Crippen LogP contribution >= 0.6 is 0 Å². The van der Waals surface area contributed by atoms with E-state index in [2.05, 4.69) is 37.1 Å². The van der Waals surface area contributed by atoms with E-state index >= 15 is 4.39 Å². The first-order valence-corrected chi connectivity index (χ1v) is 8.78. The van der Waals surface area contributed by atoms with Gasteiger partial charge in [0.05, 0.1) is 6.54 Å². The molecule has 1 aliphatic rings. The maximum Gasteiger partial charge on any atom is 0.225 e. The van der Waals surface area contributed by atoms with Gasteiger partial charge in [-0.2, -0.15) is 0 Å². The Morgan fingerprint density at radius 3 is 2.44 bits per heavy atom. The van der Waals surface area contributed by atoms with Gasteiger partial charge in [0, 0.05) is 50.1 Å². The summed E-state index contributed by atoms with van der Waals surface area (Å²) in [4.78, 5) is 19.4. The van der Waals surface area contributed by atoms with Crippen molar-refractivity contribution in [1.29, 1.82) is 0 Å². The van der Waals surface area contributed by atoms with Crippen LogP contribution < -0.4 is 10.2 Å². The number of alkyl halides is 1. The number of piperidine rings is 1. The molecule has 3 heterocycles. The van der Waals surface area contributed by atoms with Gasteiger partial charge in [0.1, 0.15) is 17.3 Å². The minimum atomic E-state index is -1.24. The van der Waals surface area contributed by atoms with Crippen LogP contribution in [0.2, 0.25) is 0 Å². The fourth-order valence-electron chi connectivity index (χ4n) is 3.03. The van der Waals surface area contributed by atoms with Crippen molar-refractivity contribution in [1.82, 2.24) is 19.9 Å². The number of anilines is 2. The highest BCUT2D eigenvalue weighted by molar-refractivity contribution is 5.37. The lowest BCUT2D eigenvalue weighted by molar-refractivity contribution is 0.140. The van der Waals surface area contributed by atoms with Crippen molar-refractivity contribution in [2.24, 2.45) is 0 Å². The van der Waals surface area contributed by atoms with Crippen LogP contribution in [0.15, 0.2) is 18.5 Å². The number of nitrogens with one attached hydrogen (secondary N) is 1. The van der Waals surface area contributed by atoms with Crippen molar-refractivity contribution in [2.75, 3.05) is 29.9 Å². The summed E-state index contributed by atoms with van der Waals surface area (Å²) >= 11 is 0. The molecule has 0 atom stereocenters. The van der Waals surface area contributed by atoms with E-state index in [9.17, 15) is 0 Å². The van der Waals surface area contributed by atoms with Crippen LogP contribution in [0.5, 0.6) is 0 Å². The molecule has 0 spiro atoms. The zero-order chi connectivity index (χ0) is 17.9. The molecule has 0 saturated carbocycles. The fourth-order valence-corrected chi connectivity index (χ4v) is 3.03. The predicted molar refractivity (Wildman–Crippen MR) is 96.7 cm³/mol. The van der Waals surface area contributed by atoms with E-state index in [1.54, 1.807) is 0 Å². The predicted octanol–water partition coefficient (Wildman–Crippen LogP) is 2.87. The minimum Gasteiger partial charge on any atom is -0.367 e. The number of halogens is 1. The average molecular weight is 344 g/mol. The summed E-state index contributed by atoms with van der Waals surface area (Å²) in [7, 11) is 0. The average Bonchev–Trinajstić information content (AvgIpc) is 2.60. The van der Waals surface area contributed by atoms with Crippen LogP contribution in [0.1, 0.15) is 36.8 Å². The molecule has 1 N–H and O–H groups in total. The number of nitrogens with zero attached hydrogens (tertiary/aromatic N) is 5. The molecule has 2 aromatic rings. The van der Waals surface area contributed by atoms with E-state index in [0.717, 1.165) is 17.7 Å². The summed E-state index contributed by atoms with van der Waals surface area (Å²) in [5.41, 5.74) is 0.748. The van der Waals surface area contributed by atoms with Crippen molar-refractivity contribution in [2.45, 2.75) is 45.7 Å². The summed E-state index contributed by atoms with van der Waals surface area (Å²) in [6.07, 6.45) is 5.51. The van der Waals surface area contributed by atoms with Crippen LogP contribution in [0, 0.1) is 13.8 Å². The van der Waals surface area contributed by atoms with Gasteiger partial charge in [0.25, 0.3) is 0 Å². The molecule has 3 rings (SSSR count). The lowest BCUT2D eigenvalue weighted by Gasteiger charge is -2.36. The van der Waals surface area contributed by atoms with Crippen LogP contribution in [0.4, 0.5) is 16.2 Å². The molecule has 1 saturated heterocycles. The molecule has 134 valence electrons. The monoisotopic (exact) mass is 344 g/mol. The number of aryl methyl sites for hydroxylation is 3. The Bertz CT molecular complexity index is 690. The van der Waals surface area contributed by atoms with E-state index in [4.69, 9.17) is 0 Å².